The van der Waals surface area contributed by atoms with E-state index in [4.69, 9.17) is 14.6 Å². The Hall–Kier alpha value is -1.24. The van der Waals surface area contributed by atoms with Crippen LogP contribution in [-0.4, -0.2) is 36.9 Å². The number of nitrogens with zero attached hydrogens (tertiary/aromatic N) is 1. The average Bonchev–Trinajstić information content (AvgIpc) is 2.67. The first-order chi connectivity index (χ1) is 8.17. The third-order valence-corrected chi connectivity index (χ3v) is 3.07. The highest BCUT2D eigenvalue weighted by atomic mass is 32.1. The molecule has 5 nitrogen and oxygen atoms in total. The van der Waals surface area contributed by atoms with Crippen LogP contribution in [0.2, 0.25) is 0 Å². The predicted octanol–water partition coefficient (Wildman–Crippen LogP) is 1.58. The Morgan fingerprint density at radius 3 is 2.82 bits per heavy atom. The second kappa shape index (κ2) is 7.16. The van der Waals surface area contributed by atoms with Gasteiger partial charge in [-0.05, 0) is 6.08 Å². The van der Waals surface area contributed by atoms with Crippen molar-refractivity contribution in [3.8, 4) is 0 Å². The highest BCUT2D eigenvalue weighted by Gasteiger charge is 2.09. The molecule has 0 aliphatic carbocycles. The molecule has 0 radical (unpaired) electrons. The van der Waals surface area contributed by atoms with Crippen molar-refractivity contribution in [2.45, 2.75) is 13.0 Å². The quantitative estimate of drug-likeness (QED) is 0.751. The van der Waals surface area contributed by atoms with Crippen molar-refractivity contribution in [2.24, 2.45) is 0 Å². The van der Waals surface area contributed by atoms with Crippen LogP contribution in [0.4, 0.5) is 0 Å². The van der Waals surface area contributed by atoms with Gasteiger partial charge < -0.3 is 14.6 Å². The average molecular weight is 257 g/mol. The number of carboxylic acid groups (broad SMARTS) is 1. The third-order valence-electron chi connectivity index (χ3n) is 1.95. The van der Waals surface area contributed by atoms with Gasteiger partial charge in [0.15, 0.2) is 0 Å². The van der Waals surface area contributed by atoms with E-state index in [0.717, 1.165) is 28.1 Å². The first-order valence-electron chi connectivity index (χ1n) is 5.04. The summed E-state index contributed by atoms with van der Waals surface area (Å²) in [5.41, 5.74) is 0.765. The molecule has 1 aromatic rings. The maximum atomic E-state index is 10.5. The zero-order valence-electron chi connectivity index (χ0n) is 9.80. The molecule has 17 heavy (non-hydrogen) atoms. The lowest BCUT2D eigenvalue weighted by Gasteiger charge is -1.95. The van der Waals surface area contributed by atoms with Crippen molar-refractivity contribution >= 4 is 23.4 Å². The number of thiazole rings is 1. The summed E-state index contributed by atoms with van der Waals surface area (Å²) >= 11 is 1.46. The molecule has 0 atom stereocenters. The molecule has 0 saturated carbocycles. The Labute approximate surface area is 104 Å². The molecule has 0 spiro atoms. The minimum absolute atomic E-state index is 0.378. The maximum absolute atomic E-state index is 10.5. The summed E-state index contributed by atoms with van der Waals surface area (Å²) in [4.78, 5) is 15.7. The van der Waals surface area contributed by atoms with Gasteiger partial charge in [0.05, 0.1) is 28.8 Å². The standard InChI is InChI=1S/C11H15NO4S/c1-15-6-5-10-12-8(7-16-2)9(17-10)3-4-11(13)14/h3-4H,5-7H2,1-2H3,(H,13,14)/b4-3+. The van der Waals surface area contributed by atoms with Gasteiger partial charge in [-0.25, -0.2) is 9.78 Å². The van der Waals surface area contributed by atoms with Gasteiger partial charge in [-0.15, -0.1) is 11.3 Å². The molecule has 6 heteroatoms. The molecule has 0 aromatic carbocycles. The van der Waals surface area contributed by atoms with Crippen LogP contribution in [0.3, 0.4) is 0 Å². The lowest BCUT2D eigenvalue weighted by molar-refractivity contribution is -0.131. The lowest BCUT2D eigenvalue weighted by Crippen LogP contribution is -1.95. The Kier molecular flexibility index (Phi) is 5.82. The van der Waals surface area contributed by atoms with Crippen LogP contribution in [0, 0.1) is 0 Å². The Bertz CT molecular complexity index is 400. The fraction of sp³-hybridized carbons (Fsp3) is 0.455. The maximum Gasteiger partial charge on any atom is 0.328 e. The molecule has 0 aliphatic heterocycles. The summed E-state index contributed by atoms with van der Waals surface area (Å²) in [5.74, 6) is -0.972. The molecule has 94 valence electrons. The summed E-state index contributed by atoms with van der Waals surface area (Å²) in [5, 5.41) is 9.51. The van der Waals surface area contributed by atoms with E-state index in [1.54, 1.807) is 20.3 Å². The van der Waals surface area contributed by atoms with E-state index >= 15 is 0 Å². The van der Waals surface area contributed by atoms with Crippen molar-refractivity contribution in [1.29, 1.82) is 0 Å². The predicted molar refractivity (Wildman–Crippen MR) is 65.1 cm³/mol. The van der Waals surface area contributed by atoms with Crippen LogP contribution in [-0.2, 0) is 27.3 Å². The molecule has 1 rings (SSSR count). The second-order valence-electron chi connectivity index (χ2n) is 3.27. The molecular formula is C11H15NO4S. The van der Waals surface area contributed by atoms with E-state index in [9.17, 15) is 4.79 Å². The summed E-state index contributed by atoms with van der Waals surface area (Å²) in [6, 6.07) is 0. The van der Waals surface area contributed by atoms with Crippen molar-refractivity contribution in [1.82, 2.24) is 4.98 Å². The van der Waals surface area contributed by atoms with E-state index in [2.05, 4.69) is 4.98 Å². The zero-order valence-corrected chi connectivity index (χ0v) is 10.6. The highest BCUT2D eigenvalue weighted by molar-refractivity contribution is 7.12. The van der Waals surface area contributed by atoms with Crippen molar-refractivity contribution in [3.63, 3.8) is 0 Å². The minimum Gasteiger partial charge on any atom is -0.478 e. The van der Waals surface area contributed by atoms with E-state index in [1.807, 2.05) is 0 Å². The summed E-state index contributed by atoms with van der Waals surface area (Å²) in [6.07, 6.45) is 3.37. The molecule has 0 bridgehead atoms. The normalized spacial score (nSPS) is 11.2. The number of carboxylic acids is 1. The fourth-order valence-electron chi connectivity index (χ4n) is 1.23. The van der Waals surface area contributed by atoms with Crippen molar-refractivity contribution in [2.75, 3.05) is 20.8 Å². The summed E-state index contributed by atoms with van der Waals surface area (Å²) in [7, 11) is 3.22. The number of hydrogen-bond donors (Lipinski definition) is 1. The first kappa shape index (κ1) is 13.8. The van der Waals surface area contributed by atoms with Crippen LogP contribution < -0.4 is 0 Å². The third kappa shape index (κ3) is 4.64. The largest absolute Gasteiger partial charge is 0.478 e. The van der Waals surface area contributed by atoms with Gasteiger partial charge in [-0.3, -0.25) is 0 Å². The SMILES string of the molecule is COCCc1nc(COC)c(/C=C/C(=O)O)s1. The second-order valence-corrected chi connectivity index (χ2v) is 4.38. The number of ether oxygens (including phenoxy) is 2. The number of rotatable bonds is 7. The van der Waals surface area contributed by atoms with Crippen molar-refractivity contribution in [3.05, 3.63) is 21.7 Å². The zero-order chi connectivity index (χ0) is 12.7. The fourth-order valence-corrected chi connectivity index (χ4v) is 2.18. The summed E-state index contributed by atoms with van der Waals surface area (Å²) in [6.45, 7) is 0.977. The highest BCUT2D eigenvalue weighted by Crippen LogP contribution is 2.21. The van der Waals surface area contributed by atoms with Crippen LogP contribution in [0.1, 0.15) is 15.6 Å². The van der Waals surface area contributed by atoms with Crippen LogP contribution >= 0.6 is 11.3 Å². The summed E-state index contributed by atoms with van der Waals surface area (Å²) < 4.78 is 10.0. The Balaban J connectivity index is 2.84. The number of aliphatic carboxylic acids is 1. The van der Waals surface area contributed by atoms with Gasteiger partial charge in [0, 0.05) is 26.7 Å². The van der Waals surface area contributed by atoms with Gasteiger partial charge in [0.1, 0.15) is 0 Å². The molecule has 0 fully saturated rings. The number of hydrogen-bond acceptors (Lipinski definition) is 5. The molecule has 1 N–H and O–H groups in total. The van der Waals surface area contributed by atoms with Crippen LogP contribution in [0.25, 0.3) is 6.08 Å². The molecule has 0 saturated heterocycles. The molecule has 1 heterocycles. The molecular weight excluding hydrogens is 242 g/mol. The Morgan fingerprint density at radius 1 is 1.47 bits per heavy atom. The topological polar surface area (TPSA) is 68.7 Å². The number of aromatic nitrogens is 1. The van der Waals surface area contributed by atoms with E-state index in [1.165, 1.54) is 11.3 Å². The first-order valence-corrected chi connectivity index (χ1v) is 5.86. The Morgan fingerprint density at radius 2 is 2.24 bits per heavy atom. The lowest BCUT2D eigenvalue weighted by atomic mass is 10.3. The molecule has 0 unspecified atom stereocenters. The number of methoxy groups -OCH3 is 2. The van der Waals surface area contributed by atoms with Gasteiger partial charge in [-0.2, -0.15) is 0 Å². The smallest absolute Gasteiger partial charge is 0.328 e. The molecule has 0 amide bonds. The minimum atomic E-state index is -0.972. The van der Waals surface area contributed by atoms with E-state index in [0.29, 0.717) is 13.2 Å². The van der Waals surface area contributed by atoms with Gasteiger partial charge >= 0.3 is 5.97 Å². The van der Waals surface area contributed by atoms with Crippen LogP contribution in [0.15, 0.2) is 6.08 Å². The van der Waals surface area contributed by atoms with Gasteiger partial charge in [0.2, 0.25) is 0 Å². The number of carbonyl (C=O) groups is 1. The van der Waals surface area contributed by atoms with Crippen molar-refractivity contribution < 1.29 is 19.4 Å². The van der Waals surface area contributed by atoms with E-state index in [-0.39, 0.29) is 0 Å². The van der Waals surface area contributed by atoms with Gasteiger partial charge in [0.25, 0.3) is 0 Å². The molecule has 1 aromatic heterocycles. The molecule has 0 aliphatic rings. The van der Waals surface area contributed by atoms with Crippen LogP contribution in [0.5, 0.6) is 0 Å². The van der Waals surface area contributed by atoms with E-state index < -0.39 is 5.97 Å². The van der Waals surface area contributed by atoms with Gasteiger partial charge in [-0.1, -0.05) is 0 Å². The monoisotopic (exact) mass is 257 g/mol.